The highest BCUT2D eigenvalue weighted by Crippen LogP contribution is 2.22. The molecule has 0 radical (unpaired) electrons. The molecule has 26 heavy (non-hydrogen) atoms. The van der Waals surface area contributed by atoms with Crippen molar-refractivity contribution < 1.29 is 13.9 Å². The van der Waals surface area contributed by atoms with Crippen LogP contribution in [0.2, 0.25) is 0 Å². The summed E-state index contributed by atoms with van der Waals surface area (Å²) in [5, 5.41) is 7.17. The number of aromatic nitrogens is 3. The maximum atomic E-state index is 14.3. The Balaban J connectivity index is 1.69. The van der Waals surface area contributed by atoms with Gasteiger partial charge in [-0.05, 0) is 37.1 Å². The molecule has 0 saturated carbocycles. The van der Waals surface area contributed by atoms with Crippen LogP contribution < -0.4 is 5.32 Å². The Morgan fingerprint density at radius 2 is 2.08 bits per heavy atom. The van der Waals surface area contributed by atoms with Gasteiger partial charge in [0.1, 0.15) is 17.1 Å². The highest BCUT2D eigenvalue weighted by Gasteiger charge is 2.23. The van der Waals surface area contributed by atoms with Gasteiger partial charge in [-0.2, -0.15) is 5.10 Å². The van der Waals surface area contributed by atoms with E-state index in [9.17, 15) is 9.18 Å². The van der Waals surface area contributed by atoms with Gasteiger partial charge in [0.05, 0.1) is 12.3 Å². The summed E-state index contributed by atoms with van der Waals surface area (Å²) in [6.07, 6.45) is 7.07. The second-order valence-electron chi connectivity index (χ2n) is 6.18. The Labute approximate surface area is 150 Å². The van der Waals surface area contributed by atoms with Gasteiger partial charge in [0.25, 0.3) is 5.91 Å². The predicted molar refractivity (Wildman–Crippen MR) is 94.2 cm³/mol. The van der Waals surface area contributed by atoms with E-state index in [1.165, 1.54) is 16.9 Å². The number of hydrogen-bond donors (Lipinski definition) is 1. The van der Waals surface area contributed by atoms with Crippen molar-refractivity contribution >= 4 is 5.91 Å². The molecule has 6 nitrogen and oxygen atoms in total. The summed E-state index contributed by atoms with van der Waals surface area (Å²) in [5.74, 6) is -0.174. The lowest BCUT2D eigenvalue weighted by Crippen LogP contribution is -2.32. The number of amides is 1. The van der Waals surface area contributed by atoms with Crippen LogP contribution in [0.25, 0.3) is 11.5 Å². The molecule has 1 aliphatic rings. The molecule has 1 atom stereocenters. The van der Waals surface area contributed by atoms with E-state index < -0.39 is 5.82 Å². The van der Waals surface area contributed by atoms with Gasteiger partial charge in [0.15, 0.2) is 5.82 Å². The fourth-order valence-corrected chi connectivity index (χ4v) is 3.13. The molecule has 3 aromatic rings. The first-order valence-electron chi connectivity index (χ1n) is 8.60. The largest absolute Gasteiger partial charge is 0.376 e. The highest BCUT2D eigenvalue weighted by atomic mass is 19.1. The number of benzene rings is 1. The minimum absolute atomic E-state index is 0.0515. The molecule has 1 fully saturated rings. The van der Waals surface area contributed by atoms with E-state index >= 15 is 0 Å². The van der Waals surface area contributed by atoms with Crippen molar-refractivity contribution in [2.24, 2.45) is 0 Å². The quantitative estimate of drug-likeness (QED) is 0.766. The first-order valence-corrected chi connectivity index (χ1v) is 8.60. The third kappa shape index (κ3) is 3.13. The molecule has 1 aromatic carbocycles. The molecule has 2 aromatic heterocycles. The van der Waals surface area contributed by atoms with Crippen molar-refractivity contribution in [2.75, 3.05) is 13.2 Å². The maximum absolute atomic E-state index is 14.3. The zero-order valence-corrected chi connectivity index (χ0v) is 14.1. The minimum atomic E-state index is -0.407. The fourth-order valence-electron chi connectivity index (χ4n) is 3.13. The van der Waals surface area contributed by atoms with Crippen molar-refractivity contribution in [3.8, 4) is 11.5 Å². The van der Waals surface area contributed by atoms with E-state index in [4.69, 9.17) is 4.74 Å². The molecule has 0 bridgehead atoms. The fraction of sp³-hybridized carbons (Fsp3) is 0.263. The Morgan fingerprint density at radius 3 is 2.81 bits per heavy atom. The monoisotopic (exact) mass is 354 g/mol. The van der Waals surface area contributed by atoms with Crippen LogP contribution in [0.5, 0.6) is 0 Å². The van der Waals surface area contributed by atoms with Crippen LogP contribution in [0.3, 0.4) is 0 Å². The van der Waals surface area contributed by atoms with Crippen LogP contribution in [-0.4, -0.2) is 39.5 Å². The number of ether oxygens (including phenoxy) is 1. The number of carbonyl (C=O) groups is 1. The Hall–Kier alpha value is -2.93. The van der Waals surface area contributed by atoms with E-state index in [1.807, 2.05) is 12.1 Å². The Bertz CT molecular complexity index is 898. The second kappa shape index (κ2) is 7.13. The van der Waals surface area contributed by atoms with Gasteiger partial charge in [0.2, 0.25) is 0 Å². The van der Waals surface area contributed by atoms with Gasteiger partial charge < -0.3 is 14.6 Å². The molecule has 1 aliphatic heterocycles. The van der Waals surface area contributed by atoms with Crippen molar-refractivity contribution in [1.82, 2.24) is 19.7 Å². The summed E-state index contributed by atoms with van der Waals surface area (Å²) in [7, 11) is 0. The number of halogens is 1. The van der Waals surface area contributed by atoms with Gasteiger partial charge >= 0.3 is 0 Å². The van der Waals surface area contributed by atoms with Crippen LogP contribution >= 0.6 is 0 Å². The summed E-state index contributed by atoms with van der Waals surface area (Å²) in [6.45, 7) is 1.19. The molecule has 1 saturated heterocycles. The molecular formula is C19H19FN4O2. The number of rotatable bonds is 5. The average molecular weight is 354 g/mol. The lowest BCUT2D eigenvalue weighted by molar-refractivity contribution is 0.0857. The predicted octanol–water partition coefficient (Wildman–Crippen LogP) is 2.71. The molecule has 0 unspecified atom stereocenters. The van der Waals surface area contributed by atoms with E-state index in [-0.39, 0.29) is 17.7 Å². The van der Waals surface area contributed by atoms with E-state index in [2.05, 4.69) is 10.4 Å². The molecule has 7 heteroatoms. The molecule has 1 N–H and O–H groups in total. The molecule has 4 rings (SSSR count). The zero-order chi connectivity index (χ0) is 17.9. The molecule has 1 amide bonds. The third-order valence-corrected chi connectivity index (χ3v) is 4.43. The lowest BCUT2D eigenvalue weighted by Gasteiger charge is -2.13. The third-order valence-electron chi connectivity index (χ3n) is 4.43. The van der Waals surface area contributed by atoms with Crippen molar-refractivity contribution in [2.45, 2.75) is 18.9 Å². The molecule has 0 spiro atoms. The maximum Gasteiger partial charge on any atom is 0.256 e. The number of carbonyl (C=O) groups excluding carboxylic acids is 1. The van der Waals surface area contributed by atoms with Crippen molar-refractivity contribution in [1.29, 1.82) is 0 Å². The topological polar surface area (TPSA) is 61.1 Å². The normalized spacial score (nSPS) is 16.7. The number of nitrogens with zero attached hydrogens (tertiary/aromatic N) is 3. The smallest absolute Gasteiger partial charge is 0.256 e. The summed E-state index contributed by atoms with van der Waals surface area (Å²) < 4.78 is 23.0. The number of nitrogens with one attached hydrogen (secondary N) is 1. The Kier molecular flexibility index (Phi) is 4.53. The summed E-state index contributed by atoms with van der Waals surface area (Å²) in [4.78, 5) is 12.7. The number of para-hydroxylation sites is 1. The SMILES string of the molecule is O=C(NC[C@@H]1CCCO1)c1cnn(-c2ccccc2F)c1-n1cccc1. The van der Waals surface area contributed by atoms with Crippen molar-refractivity contribution in [3.63, 3.8) is 0 Å². The minimum Gasteiger partial charge on any atom is -0.376 e. The lowest BCUT2D eigenvalue weighted by atomic mass is 10.2. The number of hydrogen-bond acceptors (Lipinski definition) is 3. The summed E-state index contributed by atoms with van der Waals surface area (Å²) in [6, 6.07) is 10.0. The highest BCUT2D eigenvalue weighted by molar-refractivity contribution is 5.97. The second-order valence-corrected chi connectivity index (χ2v) is 6.18. The summed E-state index contributed by atoms with van der Waals surface area (Å²) in [5.41, 5.74) is 0.664. The van der Waals surface area contributed by atoms with Crippen LogP contribution in [0.15, 0.2) is 55.0 Å². The molecular weight excluding hydrogens is 335 g/mol. The first kappa shape index (κ1) is 16.5. The Morgan fingerprint density at radius 1 is 1.27 bits per heavy atom. The van der Waals surface area contributed by atoms with Gasteiger partial charge in [-0.25, -0.2) is 9.07 Å². The van der Waals surface area contributed by atoms with E-state index in [1.54, 1.807) is 35.2 Å². The average Bonchev–Trinajstić information content (AvgIpc) is 3.40. The van der Waals surface area contributed by atoms with E-state index in [0.717, 1.165) is 19.4 Å². The van der Waals surface area contributed by atoms with Crippen LogP contribution in [0, 0.1) is 5.82 Å². The van der Waals surface area contributed by atoms with Crippen molar-refractivity contribution in [3.05, 3.63) is 66.4 Å². The van der Waals surface area contributed by atoms with Crippen LogP contribution in [0.4, 0.5) is 4.39 Å². The van der Waals surface area contributed by atoms with Gasteiger partial charge in [0, 0.05) is 25.5 Å². The van der Waals surface area contributed by atoms with Gasteiger partial charge in [-0.1, -0.05) is 12.1 Å². The van der Waals surface area contributed by atoms with Crippen LogP contribution in [0.1, 0.15) is 23.2 Å². The van der Waals surface area contributed by atoms with Crippen LogP contribution in [-0.2, 0) is 4.74 Å². The van der Waals surface area contributed by atoms with Gasteiger partial charge in [-0.3, -0.25) is 4.79 Å². The zero-order valence-electron chi connectivity index (χ0n) is 14.1. The molecule has 134 valence electrons. The molecule has 3 heterocycles. The standard InChI is InChI=1S/C19H19FN4O2/c20-16-7-1-2-8-17(16)24-19(23-9-3-4-10-23)15(13-22-24)18(25)21-12-14-6-5-11-26-14/h1-4,7-10,13-14H,5-6,11-12H2,(H,21,25)/t14-/m0/s1. The summed E-state index contributed by atoms with van der Waals surface area (Å²) >= 11 is 0. The van der Waals surface area contributed by atoms with Gasteiger partial charge in [-0.15, -0.1) is 0 Å². The molecule has 0 aliphatic carbocycles. The van der Waals surface area contributed by atoms with E-state index in [0.29, 0.717) is 17.9 Å². The first-order chi connectivity index (χ1) is 12.7.